The summed E-state index contributed by atoms with van der Waals surface area (Å²) >= 11 is 4.74. The Morgan fingerprint density at radius 3 is 2.25 bits per heavy atom. The van der Waals surface area contributed by atoms with E-state index in [2.05, 4.69) is 0 Å². The Labute approximate surface area is 122 Å². The summed E-state index contributed by atoms with van der Waals surface area (Å²) in [4.78, 5) is 26.9. The maximum absolute atomic E-state index is 12.0. The molecule has 106 valence electrons. The number of imide groups is 1. The summed E-state index contributed by atoms with van der Waals surface area (Å²) in [6.45, 7) is 0.255. The van der Waals surface area contributed by atoms with E-state index in [1.807, 2.05) is 12.1 Å². The zero-order valence-electron chi connectivity index (χ0n) is 11.0. The molecule has 6 nitrogen and oxygen atoms in total. The smallest absolute Gasteiger partial charge is 0.249 e. The summed E-state index contributed by atoms with van der Waals surface area (Å²) in [7, 11) is 1.58. The number of carbonyl (C=O) groups excluding carboxylic acids is 2. The number of amides is 2. The topological polar surface area (TPSA) is 75.9 Å². The van der Waals surface area contributed by atoms with E-state index >= 15 is 0 Å². The van der Waals surface area contributed by atoms with E-state index in [4.69, 9.17) is 22.7 Å². The van der Waals surface area contributed by atoms with Gasteiger partial charge in [0.05, 0.1) is 31.7 Å². The first kappa shape index (κ1) is 14.3. The van der Waals surface area contributed by atoms with Gasteiger partial charge in [0.15, 0.2) is 0 Å². The van der Waals surface area contributed by atoms with Gasteiger partial charge in [-0.3, -0.25) is 14.5 Å². The van der Waals surface area contributed by atoms with Crippen LogP contribution < -0.4 is 15.4 Å². The average molecular weight is 293 g/mol. The molecule has 0 unspecified atom stereocenters. The fourth-order valence-electron chi connectivity index (χ4n) is 2.00. The molecule has 1 aromatic rings. The molecule has 0 bridgehead atoms. The predicted octanol–water partition coefficient (Wildman–Crippen LogP) is 0.157. The molecule has 0 aromatic heterocycles. The zero-order chi connectivity index (χ0) is 14.7. The van der Waals surface area contributed by atoms with Gasteiger partial charge < -0.3 is 15.4 Å². The van der Waals surface area contributed by atoms with Crippen LogP contribution in [0.5, 0.6) is 5.75 Å². The molecule has 20 heavy (non-hydrogen) atoms. The van der Waals surface area contributed by atoms with Gasteiger partial charge in [0.2, 0.25) is 11.8 Å². The lowest BCUT2D eigenvalue weighted by atomic mass is 10.2. The van der Waals surface area contributed by atoms with E-state index in [0.29, 0.717) is 0 Å². The first-order valence-electron chi connectivity index (χ1n) is 6.01. The minimum atomic E-state index is -0.301. The first-order valence-corrected chi connectivity index (χ1v) is 6.42. The van der Waals surface area contributed by atoms with E-state index in [-0.39, 0.29) is 36.4 Å². The fourth-order valence-corrected chi connectivity index (χ4v) is 2.13. The van der Waals surface area contributed by atoms with Crippen molar-refractivity contribution in [2.45, 2.75) is 0 Å². The van der Waals surface area contributed by atoms with Crippen molar-refractivity contribution in [3.8, 4) is 5.75 Å². The molecule has 1 aliphatic rings. The Morgan fingerprint density at radius 2 is 1.80 bits per heavy atom. The molecule has 0 aliphatic carbocycles. The van der Waals surface area contributed by atoms with Gasteiger partial charge in [-0.15, -0.1) is 0 Å². The van der Waals surface area contributed by atoms with Gasteiger partial charge >= 0.3 is 0 Å². The first-order chi connectivity index (χ1) is 9.51. The molecule has 2 N–H and O–H groups in total. The van der Waals surface area contributed by atoms with Crippen LogP contribution in [0.25, 0.3) is 0 Å². The van der Waals surface area contributed by atoms with E-state index in [1.165, 1.54) is 0 Å². The number of nitrogens with zero attached hydrogens (tertiary/aromatic N) is 2. The van der Waals surface area contributed by atoms with E-state index in [1.54, 1.807) is 24.1 Å². The molecule has 1 aromatic carbocycles. The number of ether oxygens (including phenoxy) is 1. The molecule has 2 amide bonds. The lowest BCUT2D eigenvalue weighted by Gasteiger charge is -2.33. The Kier molecular flexibility index (Phi) is 4.19. The van der Waals surface area contributed by atoms with Crippen molar-refractivity contribution in [1.29, 1.82) is 0 Å². The van der Waals surface area contributed by atoms with Gasteiger partial charge in [-0.05, 0) is 24.3 Å². The summed E-state index contributed by atoms with van der Waals surface area (Å²) in [5.74, 6) is 0.119. The molecule has 0 radical (unpaired) electrons. The van der Waals surface area contributed by atoms with Gasteiger partial charge in [-0.25, -0.2) is 0 Å². The molecule has 1 fully saturated rings. The van der Waals surface area contributed by atoms with Crippen molar-refractivity contribution in [3.63, 3.8) is 0 Å². The third-order valence-electron chi connectivity index (χ3n) is 3.01. The molecule has 7 heteroatoms. The van der Waals surface area contributed by atoms with Crippen molar-refractivity contribution >= 4 is 34.7 Å². The van der Waals surface area contributed by atoms with Crippen molar-refractivity contribution in [3.05, 3.63) is 24.3 Å². The van der Waals surface area contributed by atoms with Crippen LogP contribution in [0, 0.1) is 0 Å². The minimum Gasteiger partial charge on any atom is -0.497 e. The van der Waals surface area contributed by atoms with Crippen molar-refractivity contribution in [2.24, 2.45) is 5.73 Å². The second kappa shape index (κ2) is 5.87. The Bertz CT molecular complexity index is 526. The van der Waals surface area contributed by atoms with Gasteiger partial charge in [0.1, 0.15) is 5.75 Å². The molecule has 1 aliphatic heterocycles. The summed E-state index contributed by atoms with van der Waals surface area (Å²) in [6.07, 6.45) is 0. The van der Waals surface area contributed by atoms with E-state index in [9.17, 15) is 9.59 Å². The predicted molar refractivity (Wildman–Crippen MR) is 78.7 cm³/mol. The molecule has 1 saturated heterocycles. The largest absolute Gasteiger partial charge is 0.497 e. The number of rotatable bonds is 4. The quantitative estimate of drug-likeness (QED) is 0.629. The number of benzene rings is 1. The lowest BCUT2D eigenvalue weighted by Crippen LogP contribution is -2.55. The molecule has 2 rings (SSSR count). The Balaban J connectivity index is 2.11. The van der Waals surface area contributed by atoms with Crippen LogP contribution in [0.3, 0.4) is 0 Å². The van der Waals surface area contributed by atoms with Crippen LogP contribution in [0.4, 0.5) is 5.69 Å². The molecule has 0 atom stereocenters. The second-order valence-electron chi connectivity index (χ2n) is 4.39. The van der Waals surface area contributed by atoms with Crippen molar-refractivity contribution in [2.75, 3.05) is 31.6 Å². The molecule has 0 saturated carbocycles. The standard InChI is InChI=1S/C13H15N3O3S/c1-19-10-4-2-9(3-5-10)15-7-12(17)16(6-11(14)20)13(18)8-15/h2-5H,6-8H2,1H3,(H2,14,20). The van der Waals surface area contributed by atoms with Crippen molar-refractivity contribution in [1.82, 2.24) is 4.90 Å². The minimum absolute atomic E-state index is 0.00343. The second-order valence-corrected chi connectivity index (χ2v) is 4.92. The monoisotopic (exact) mass is 293 g/mol. The third kappa shape index (κ3) is 3.05. The van der Waals surface area contributed by atoms with E-state index < -0.39 is 0 Å². The SMILES string of the molecule is COc1ccc(N2CC(=O)N(CC(N)=S)C(=O)C2)cc1. The van der Waals surface area contributed by atoms with Gasteiger partial charge in [0, 0.05) is 5.69 Å². The van der Waals surface area contributed by atoms with Gasteiger partial charge in [-0.1, -0.05) is 12.2 Å². The van der Waals surface area contributed by atoms with E-state index in [0.717, 1.165) is 16.3 Å². The van der Waals surface area contributed by atoms with Crippen molar-refractivity contribution < 1.29 is 14.3 Å². The van der Waals surface area contributed by atoms with Gasteiger partial charge in [0.25, 0.3) is 0 Å². The molecule has 0 spiro atoms. The Hall–Kier alpha value is -2.15. The summed E-state index contributed by atoms with van der Waals surface area (Å²) < 4.78 is 5.07. The normalized spacial score (nSPS) is 15.4. The molecular weight excluding hydrogens is 278 g/mol. The highest BCUT2D eigenvalue weighted by atomic mass is 32.1. The van der Waals surface area contributed by atoms with Crippen LogP contribution in [0.15, 0.2) is 24.3 Å². The number of carbonyl (C=O) groups is 2. The number of methoxy groups -OCH3 is 1. The number of hydrogen-bond donors (Lipinski definition) is 1. The fraction of sp³-hybridized carbons (Fsp3) is 0.308. The maximum atomic E-state index is 12.0. The Morgan fingerprint density at radius 1 is 1.25 bits per heavy atom. The molecular formula is C13H15N3O3S. The van der Waals surface area contributed by atoms with Gasteiger partial charge in [-0.2, -0.15) is 0 Å². The van der Waals surface area contributed by atoms with Crippen LogP contribution in [0.1, 0.15) is 0 Å². The highest BCUT2D eigenvalue weighted by molar-refractivity contribution is 7.80. The lowest BCUT2D eigenvalue weighted by molar-refractivity contribution is -0.144. The highest BCUT2D eigenvalue weighted by Gasteiger charge is 2.31. The van der Waals surface area contributed by atoms with Crippen LogP contribution in [0.2, 0.25) is 0 Å². The maximum Gasteiger partial charge on any atom is 0.249 e. The average Bonchev–Trinajstić information content (AvgIpc) is 2.42. The number of hydrogen-bond acceptors (Lipinski definition) is 5. The number of piperazine rings is 1. The highest BCUT2D eigenvalue weighted by Crippen LogP contribution is 2.21. The number of anilines is 1. The zero-order valence-corrected chi connectivity index (χ0v) is 11.9. The van der Waals surface area contributed by atoms with Crippen LogP contribution in [-0.4, -0.2) is 48.4 Å². The van der Waals surface area contributed by atoms with Crippen LogP contribution >= 0.6 is 12.2 Å². The summed E-state index contributed by atoms with van der Waals surface area (Å²) in [5.41, 5.74) is 6.18. The number of thiocarbonyl (C=S) groups is 1. The molecule has 1 heterocycles. The summed E-state index contributed by atoms with van der Waals surface area (Å²) in [5, 5.41) is 0. The van der Waals surface area contributed by atoms with Crippen LogP contribution in [-0.2, 0) is 9.59 Å². The summed E-state index contributed by atoms with van der Waals surface area (Å²) in [6, 6.07) is 7.18. The third-order valence-corrected chi connectivity index (χ3v) is 3.13. The number of nitrogens with two attached hydrogens (primary N) is 1.